The standard InChI is InChI=1S/C15H16N2O2S/c1-10-3-5-11(6-4-10)16-14-17-12(9-20-14)15(2)8-7-13(18)19-15/h3-6,9H,7-8H2,1-2H3,(H,16,17)/t15-/m0/s1. The maximum Gasteiger partial charge on any atom is 0.306 e. The molecule has 2 heterocycles. The van der Waals surface area contributed by atoms with E-state index in [-0.39, 0.29) is 5.97 Å². The number of nitrogens with zero attached hydrogens (tertiary/aromatic N) is 1. The highest BCUT2D eigenvalue weighted by atomic mass is 32.1. The van der Waals surface area contributed by atoms with E-state index in [1.54, 1.807) is 0 Å². The van der Waals surface area contributed by atoms with Crippen molar-refractivity contribution in [1.29, 1.82) is 0 Å². The van der Waals surface area contributed by atoms with E-state index >= 15 is 0 Å². The number of aromatic nitrogens is 1. The second-order valence-corrected chi connectivity index (χ2v) is 6.09. The number of rotatable bonds is 3. The van der Waals surface area contributed by atoms with Crippen molar-refractivity contribution in [3.05, 3.63) is 40.9 Å². The molecule has 1 aliphatic rings. The van der Waals surface area contributed by atoms with E-state index in [1.807, 2.05) is 24.4 Å². The van der Waals surface area contributed by atoms with Crippen molar-refractivity contribution in [3.8, 4) is 0 Å². The van der Waals surface area contributed by atoms with Crippen LogP contribution in [0.2, 0.25) is 0 Å². The Hall–Kier alpha value is -1.88. The zero-order chi connectivity index (χ0) is 14.2. The number of ether oxygens (including phenoxy) is 1. The Labute approximate surface area is 121 Å². The van der Waals surface area contributed by atoms with Gasteiger partial charge >= 0.3 is 5.97 Å². The van der Waals surface area contributed by atoms with E-state index in [0.717, 1.165) is 16.5 Å². The first-order chi connectivity index (χ1) is 9.55. The number of carbonyl (C=O) groups is 1. The lowest BCUT2D eigenvalue weighted by Crippen LogP contribution is -2.21. The molecule has 1 fully saturated rings. The third kappa shape index (κ3) is 2.54. The summed E-state index contributed by atoms with van der Waals surface area (Å²) in [5.74, 6) is -0.145. The molecule has 0 spiro atoms. The zero-order valence-corrected chi connectivity index (χ0v) is 12.3. The van der Waals surface area contributed by atoms with Crippen molar-refractivity contribution in [2.45, 2.75) is 32.3 Å². The second kappa shape index (κ2) is 4.90. The summed E-state index contributed by atoms with van der Waals surface area (Å²) in [6, 6.07) is 8.15. The number of anilines is 2. The van der Waals surface area contributed by atoms with Crippen LogP contribution in [0.5, 0.6) is 0 Å². The van der Waals surface area contributed by atoms with Crippen LogP contribution in [0.3, 0.4) is 0 Å². The molecule has 1 saturated heterocycles. The summed E-state index contributed by atoms with van der Waals surface area (Å²) in [5.41, 5.74) is 2.48. The number of esters is 1. The average Bonchev–Trinajstić information content (AvgIpc) is 3.01. The summed E-state index contributed by atoms with van der Waals surface area (Å²) in [6.45, 7) is 3.98. The molecule has 0 amide bonds. The van der Waals surface area contributed by atoms with Crippen LogP contribution in [0.4, 0.5) is 10.8 Å². The van der Waals surface area contributed by atoms with Crippen molar-refractivity contribution in [3.63, 3.8) is 0 Å². The van der Waals surface area contributed by atoms with Gasteiger partial charge in [0.1, 0.15) is 0 Å². The SMILES string of the molecule is Cc1ccc(Nc2nc([C@]3(C)CCC(=O)O3)cs2)cc1. The molecule has 0 unspecified atom stereocenters. The smallest absolute Gasteiger partial charge is 0.306 e. The van der Waals surface area contributed by atoms with Crippen LogP contribution in [0.25, 0.3) is 0 Å². The highest BCUT2D eigenvalue weighted by molar-refractivity contribution is 7.13. The lowest BCUT2D eigenvalue weighted by atomic mass is 10.00. The lowest BCUT2D eigenvalue weighted by Gasteiger charge is -2.19. The van der Waals surface area contributed by atoms with Gasteiger partial charge in [0.15, 0.2) is 10.7 Å². The van der Waals surface area contributed by atoms with Gasteiger partial charge in [0.25, 0.3) is 0 Å². The number of cyclic esters (lactones) is 1. The summed E-state index contributed by atoms with van der Waals surface area (Å²) in [6.07, 6.45) is 1.16. The molecule has 0 bridgehead atoms. The number of carbonyl (C=O) groups excluding carboxylic acids is 1. The molecule has 5 heteroatoms. The summed E-state index contributed by atoms with van der Waals surface area (Å²) in [5, 5.41) is 6.04. The normalized spacial score (nSPS) is 21.8. The highest BCUT2D eigenvalue weighted by Crippen LogP contribution is 2.37. The van der Waals surface area contributed by atoms with Gasteiger partial charge in [0.2, 0.25) is 0 Å². The largest absolute Gasteiger partial charge is 0.453 e. The Morgan fingerprint density at radius 1 is 1.35 bits per heavy atom. The van der Waals surface area contributed by atoms with E-state index in [1.165, 1.54) is 16.9 Å². The molecular weight excluding hydrogens is 272 g/mol. The van der Waals surface area contributed by atoms with E-state index in [0.29, 0.717) is 12.8 Å². The molecule has 0 radical (unpaired) electrons. The van der Waals surface area contributed by atoms with Crippen LogP contribution in [0, 0.1) is 6.92 Å². The van der Waals surface area contributed by atoms with Gasteiger partial charge < -0.3 is 10.1 Å². The Morgan fingerprint density at radius 2 is 2.10 bits per heavy atom. The molecule has 3 rings (SSSR count). The van der Waals surface area contributed by atoms with Gasteiger partial charge in [0.05, 0.1) is 5.69 Å². The van der Waals surface area contributed by atoms with Crippen LogP contribution in [-0.2, 0) is 15.1 Å². The molecule has 1 aromatic carbocycles. The van der Waals surface area contributed by atoms with Gasteiger partial charge in [-0.2, -0.15) is 0 Å². The molecule has 1 atom stereocenters. The van der Waals surface area contributed by atoms with Crippen molar-refractivity contribution in [2.24, 2.45) is 0 Å². The molecular formula is C15H16N2O2S. The van der Waals surface area contributed by atoms with Gasteiger partial charge in [-0.15, -0.1) is 11.3 Å². The minimum Gasteiger partial charge on any atom is -0.453 e. The van der Waals surface area contributed by atoms with Gasteiger partial charge in [-0.1, -0.05) is 17.7 Å². The molecule has 0 aliphatic carbocycles. The van der Waals surface area contributed by atoms with E-state index in [9.17, 15) is 4.79 Å². The first-order valence-corrected chi connectivity index (χ1v) is 7.45. The summed E-state index contributed by atoms with van der Waals surface area (Å²) < 4.78 is 5.39. The molecule has 20 heavy (non-hydrogen) atoms. The predicted molar refractivity (Wildman–Crippen MR) is 79.3 cm³/mol. The Morgan fingerprint density at radius 3 is 2.75 bits per heavy atom. The number of nitrogens with one attached hydrogen (secondary N) is 1. The zero-order valence-electron chi connectivity index (χ0n) is 11.5. The summed E-state index contributed by atoms with van der Waals surface area (Å²) in [7, 11) is 0. The number of hydrogen-bond acceptors (Lipinski definition) is 5. The van der Waals surface area contributed by atoms with Crippen molar-refractivity contribution in [2.75, 3.05) is 5.32 Å². The Bertz CT molecular complexity index is 636. The van der Waals surface area contributed by atoms with E-state index in [2.05, 4.69) is 29.4 Å². The van der Waals surface area contributed by atoms with Gasteiger partial charge in [0, 0.05) is 23.9 Å². The number of hydrogen-bond donors (Lipinski definition) is 1. The maximum atomic E-state index is 11.3. The number of thiazole rings is 1. The fourth-order valence-electron chi connectivity index (χ4n) is 2.21. The number of aryl methyl sites for hydroxylation is 1. The molecule has 1 aromatic heterocycles. The molecule has 104 valence electrons. The second-order valence-electron chi connectivity index (χ2n) is 5.23. The van der Waals surface area contributed by atoms with Gasteiger partial charge in [-0.05, 0) is 26.0 Å². The van der Waals surface area contributed by atoms with Crippen molar-refractivity contribution >= 4 is 28.1 Å². The monoisotopic (exact) mass is 288 g/mol. The molecule has 2 aromatic rings. The van der Waals surface area contributed by atoms with E-state index < -0.39 is 5.60 Å². The van der Waals surface area contributed by atoms with Crippen molar-refractivity contribution < 1.29 is 9.53 Å². The number of benzene rings is 1. The third-order valence-electron chi connectivity index (χ3n) is 3.49. The molecule has 0 saturated carbocycles. The van der Waals surface area contributed by atoms with Crippen LogP contribution in [0.1, 0.15) is 31.0 Å². The molecule has 4 nitrogen and oxygen atoms in total. The Kier molecular flexibility index (Phi) is 3.22. The maximum absolute atomic E-state index is 11.3. The van der Waals surface area contributed by atoms with Crippen LogP contribution in [0.15, 0.2) is 29.6 Å². The predicted octanol–water partition coefficient (Wildman–Crippen LogP) is 3.75. The fraction of sp³-hybridized carbons (Fsp3) is 0.333. The fourth-order valence-corrected chi connectivity index (χ4v) is 3.06. The molecule has 1 aliphatic heterocycles. The quantitative estimate of drug-likeness (QED) is 0.874. The van der Waals surface area contributed by atoms with Crippen LogP contribution in [-0.4, -0.2) is 11.0 Å². The summed E-state index contributed by atoms with van der Waals surface area (Å²) in [4.78, 5) is 15.8. The minimum atomic E-state index is -0.569. The third-order valence-corrected chi connectivity index (χ3v) is 4.25. The van der Waals surface area contributed by atoms with Crippen molar-refractivity contribution in [1.82, 2.24) is 4.98 Å². The minimum absolute atomic E-state index is 0.145. The first-order valence-electron chi connectivity index (χ1n) is 6.57. The Balaban J connectivity index is 1.77. The van der Waals surface area contributed by atoms with Gasteiger partial charge in [-0.3, -0.25) is 4.79 Å². The average molecular weight is 288 g/mol. The molecule has 1 N–H and O–H groups in total. The topological polar surface area (TPSA) is 51.2 Å². The van der Waals surface area contributed by atoms with Gasteiger partial charge in [-0.25, -0.2) is 4.98 Å². The highest BCUT2D eigenvalue weighted by Gasteiger charge is 2.39. The van der Waals surface area contributed by atoms with Crippen LogP contribution < -0.4 is 5.32 Å². The first kappa shape index (κ1) is 13.1. The van der Waals surface area contributed by atoms with E-state index in [4.69, 9.17) is 4.74 Å². The lowest BCUT2D eigenvalue weighted by molar-refractivity contribution is -0.148. The summed E-state index contributed by atoms with van der Waals surface area (Å²) >= 11 is 1.52. The van der Waals surface area contributed by atoms with Crippen LogP contribution >= 0.6 is 11.3 Å².